The fraction of sp³-hybridized carbons (Fsp3) is 0.440. The van der Waals surface area contributed by atoms with Gasteiger partial charge in [0.05, 0.1) is 0 Å². The molecule has 6 heteroatoms. The van der Waals surface area contributed by atoms with Gasteiger partial charge in [-0.15, -0.1) is 11.8 Å². The number of hydrogen-bond donors (Lipinski definition) is 1. The van der Waals surface area contributed by atoms with E-state index in [1.165, 1.54) is 0 Å². The van der Waals surface area contributed by atoms with E-state index in [0.717, 1.165) is 34.1 Å². The zero-order valence-corrected chi connectivity index (χ0v) is 20.2. The van der Waals surface area contributed by atoms with E-state index in [9.17, 15) is 9.59 Å². The quantitative estimate of drug-likeness (QED) is 0.332. The molecule has 1 N–H and O–H groups in total. The number of halogens is 1. The highest BCUT2D eigenvalue weighted by Crippen LogP contribution is 2.22. The normalized spacial score (nSPS) is 11.9. The number of carbonyl (C=O) groups excluding carboxylic acids is 2. The van der Waals surface area contributed by atoms with Gasteiger partial charge in [-0.3, -0.25) is 9.59 Å². The Labute approximate surface area is 195 Å². The van der Waals surface area contributed by atoms with Crippen LogP contribution in [0.15, 0.2) is 59.5 Å². The van der Waals surface area contributed by atoms with Gasteiger partial charge >= 0.3 is 0 Å². The SMILES string of the molecule is CC[C@H](C(=O)NC(C)C)N(CCc1ccccc1)C(=O)CCCSc1ccc(Cl)cc1. The molecule has 31 heavy (non-hydrogen) atoms. The Morgan fingerprint density at radius 2 is 1.74 bits per heavy atom. The molecule has 2 aromatic carbocycles. The van der Waals surface area contributed by atoms with Crippen LogP contribution in [0.3, 0.4) is 0 Å². The molecule has 0 fully saturated rings. The summed E-state index contributed by atoms with van der Waals surface area (Å²) in [6, 6.07) is 17.4. The molecule has 0 saturated carbocycles. The lowest BCUT2D eigenvalue weighted by atomic mass is 10.1. The summed E-state index contributed by atoms with van der Waals surface area (Å²) in [6.07, 6.45) is 2.52. The third-order valence-corrected chi connectivity index (χ3v) is 6.27. The molecule has 4 nitrogen and oxygen atoms in total. The number of carbonyl (C=O) groups is 2. The number of benzene rings is 2. The molecule has 0 unspecified atom stereocenters. The van der Waals surface area contributed by atoms with Gasteiger partial charge < -0.3 is 10.2 Å². The van der Waals surface area contributed by atoms with Crippen molar-refractivity contribution in [3.8, 4) is 0 Å². The van der Waals surface area contributed by atoms with Crippen molar-refractivity contribution in [1.82, 2.24) is 10.2 Å². The summed E-state index contributed by atoms with van der Waals surface area (Å²) < 4.78 is 0. The summed E-state index contributed by atoms with van der Waals surface area (Å²) in [5.41, 5.74) is 1.16. The Bertz CT molecular complexity index is 812. The monoisotopic (exact) mass is 460 g/mol. The summed E-state index contributed by atoms with van der Waals surface area (Å²) in [5, 5.41) is 3.69. The molecule has 168 valence electrons. The van der Waals surface area contributed by atoms with E-state index in [1.807, 2.05) is 63.2 Å². The van der Waals surface area contributed by atoms with Crippen molar-refractivity contribution >= 4 is 35.2 Å². The number of hydrogen-bond acceptors (Lipinski definition) is 3. The highest BCUT2D eigenvalue weighted by Gasteiger charge is 2.28. The molecule has 0 aliphatic carbocycles. The number of nitrogens with one attached hydrogen (secondary N) is 1. The summed E-state index contributed by atoms with van der Waals surface area (Å²) in [4.78, 5) is 28.8. The number of amides is 2. The van der Waals surface area contributed by atoms with Crippen molar-refractivity contribution in [1.29, 1.82) is 0 Å². The van der Waals surface area contributed by atoms with Crippen LogP contribution in [0.5, 0.6) is 0 Å². The topological polar surface area (TPSA) is 49.4 Å². The first-order chi connectivity index (χ1) is 14.9. The van der Waals surface area contributed by atoms with Gasteiger partial charge in [0.25, 0.3) is 0 Å². The standard InChI is InChI=1S/C25H33ClN2O2S/c1-4-23(25(30)27-19(2)3)28(17-16-20-9-6-5-7-10-20)24(29)11-8-18-31-22-14-12-21(26)13-15-22/h5-7,9-10,12-15,19,23H,4,8,11,16-18H2,1-3H3,(H,27,30)/t23-/m1/s1. The second-order valence-electron chi connectivity index (χ2n) is 7.82. The van der Waals surface area contributed by atoms with Gasteiger partial charge in [-0.05, 0) is 68.7 Å². The predicted molar refractivity (Wildman–Crippen MR) is 131 cm³/mol. The van der Waals surface area contributed by atoms with Crippen molar-refractivity contribution in [3.63, 3.8) is 0 Å². The molecule has 0 heterocycles. The Kier molecular flexibility index (Phi) is 11.0. The Balaban J connectivity index is 1.98. The van der Waals surface area contributed by atoms with Crippen molar-refractivity contribution in [3.05, 3.63) is 65.2 Å². The fourth-order valence-corrected chi connectivity index (χ4v) is 4.34. The van der Waals surface area contributed by atoms with Crippen LogP contribution in [-0.4, -0.2) is 41.1 Å². The van der Waals surface area contributed by atoms with E-state index in [4.69, 9.17) is 11.6 Å². The van der Waals surface area contributed by atoms with Crippen LogP contribution in [0.4, 0.5) is 0 Å². The van der Waals surface area contributed by atoms with Gasteiger partial charge in [0.15, 0.2) is 0 Å². The number of rotatable bonds is 12. The minimum Gasteiger partial charge on any atom is -0.352 e. The van der Waals surface area contributed by atoms with E-state index in [1.54, 1.807) is 16.7 Å². The Morgan fingerprint density at radius 1 is 1.06 bits per heavy atom. The molecule has 0 aliphatic rings. The second-order valence-corrected chi connectivity index (χ2v) is 9.42. The smallest absolute Gasteiger partial charge is 0.242 e. The average molecular weight is 461 g/mol. The number of nitrogens with zero attached hydrogens (tertiary/aromatic N) is 1. The molecular formula is C25H33ClN2O2S. The largest absolute Gasteiger partial charge is 0.352 e. The predicted octanol–water partition coefficient (Wildman–Crippen LogP) is 5.59. The fourth-order valence-electron chi connectivity index (χ4n) is 3.36. The molecule has 0 aliphatic heterocycles. The minimum atomic E-state index is -0.442. The van der Waals surface area contributed by atoms with E-state index < -0.39 is 6.04 Å². The molecule has 0 radical (unpaired) electrons. The molecule has 0 spiro atoms. The summed E-state index contributed by atoms with van der Waals surface area (Å²) in [5.74, 6) is 0.808. The van der Waals surface area contributed by atoms with E-state index in [2.05, 4.69) is 17.4 Å². The molecule has 0 aromatic heterocycles. The zero-order chi connectivity index (χ0) is 22.6. The molecule has 1 atom stereocenters. The zero-order valence-electron chi connectivity index (χ0n) is 18.6. The van der Waals surface area contributed by atoms with Crippen molar-refractivity contribution in [2.45, 2.75) is 63.4 Å². The third-order valence-electron chi connectivity index (χ3n) is 4.92. The lowest BCUT2D eigenvalue weighted by Crippen LogP contribution is -2.51. The van der Waals surface area contributed by atoms with Crippen LogP contribution in [0.25, 0.3) is 0 Å². The molecule has 0 saturated heterocycles. The van der Waals surface area contributed by atoms with Crippen LogP contribution in [0.1, 0.15) is 45.6 Å². The van der Waals surface area contributed by atoms with Gasteiger partial charge in [0.1, 0.15) is 6.04 Å². The van der Waals surface area contributed by atoms with Gasteiger partial charge in [0.2, 0.25) is 11.8 Å². The van der Waals surface area contributed by atoms with Crippen LogP contribution in [-0.2, 0) is 16.0 Å². The first-order valence-corrected chi connectivity index (χ1v) is 12.3. The van der Waals surface area contributed by atoms with Crippen molar-refractivity contribution in [2.24, 2.45) is 0 Å². The van der Waals surface area contributed by atoms with E-state index in [-0.39, 0.29) is 17.9 Å². The summed E-state index contributed by atoms with van der Waals surface area (Å²) >= 11 is 7.64. The summed E-state index contributed by atoms with van der Waals surface area (Å²) in [7, 11) is 0. The van der Waals surface area contributed by atoms with Gasteiger partial charge in [-0.2, -0.15) is 0 Å². The van der Waals surface area contributed by atoms with Crippen LogP contribution in [0.2, 0.25) is 5.02 Å². The second kappa shape index (κ2) is 13.4. The van der Waals surface area contributed by atoms with Gasteiger partial charge in [0, 0.05) is 28.9 Å². The molecule has 2 rings (SSSR count). The molecule has 0 bridgehead atoms. The van der Waals surface area contributed by atoms with E-state index >= 15 is 0 Å². The van der Waals surface area contributed by atoms with Crippen molar-refractivity contribution in [2.75, 3.05) is 12.3 Å². The van der Waals surface area contributed by atoms with Crippen LogP contribution < -0.4 is 5.32 Å². The lowest BCUT2D eigenvalue weighted by Gasteiger charge is -2.31. The van der Waals surface area contributed by atoms with Crippen LogP contribution >= 0.6 is 23.4 Å². The Hall–Kier alpha value is -1.98. The highest BCUT2D eigenvalue weighted by molar-refractivity contribution is 7.99. The van der Waals surface area contributed by atoms with Crippen LogP contribution in [0, 0.1) is 0 Å². The molecule has 2 amide bonds. The van der Waals surface area contributed by atoms with Gasteiger partial charge in [-0.25, -0.2) is 0 Å². The molecule has 2 aromatic rings. The third kappa shape index (κ3) is 8.96. The maximum atomic E-state index is 13.1. The first-order valence-electron chi connectivity index (χ1n) is 10.9. The summed E-state index contributed by atoms with van der Waals surface area (Å²) in [6.45, 7) is 6.38. The number of thioether (sulfide) groups is 1. The van der Waals surface area contributed by atoms with Gasteiger partial charge in [-0.1, -0.05) is 48.9 Å². The maximum Gasteiger partial charge on any atom is 0.242 e. The average Bonchev–Trinajstić information content (AvgIpc) is 2.75. The first kappa shape index (κ1) is 25.3. The van der Waals surface area contributed by atoms with Crippen molar-refractivity contribution < 1.29 is 9.59 Å². The lowest BCUT2D eigenvalue weighted by molar-refractivity contribution is -0.140. The maximum absolute atomic E-state index is 13.1. The minimum absolute atomic E-state index is 0.0402. The molecular weight excluding hydrogens is 428 g/mol. The highest BCUT2D eigenvalue weighted by atomic mass is 35.5. The van der Waals surface area contributed by atoms with E-state index in [0.29, 0.717) is 19.4 Å². The Morgan fingerprint density at radius 3 is 2.35 bits per heavy atom.